The SMILES string of the molecule is CCCCN(CC)C(=O)c1ccncc1. The van der Waals surface area contributed by atoms with Crippen LogP contribution in [0, 0.1) is 0 Å². The minimum atomic E-state index is 0.105. The summed E-state index contributed by atoms with van der Waals surface area (Å²) in [6.07, 6.45) is 5.48. The molecule has 82 valence electrons. The van der Waals surface area contributed by atoms with E-state index >= 15 is 0 Å². The van der Waals surface area contributed by atoms with E-state index in [9.17, 15) is 4.79 Å². The first-order valence-corrected chi connectivity index (χ1v) is 5.48. The third-order valence-electron chi connectivity index (χ3n) is 2.38. The van der Waals surface area contributed by atoms with Gasteiger partial charge in [-0.05, 0) is 25.5 Å². The van der Waals surface area contributed by atoms with E-state index in [2.05, 4.69) is 11.9 Å². The number of carbonyl (C=O) groups is 1. The number of rotatable bonds is 5. The van der Waals surface area contributed by atoms with E-state index in [-0.39, 0.29) is 5.91 Å². The summed E-state index contributed by atoms with van der Waals surface area (Å²) in [4.78, 5) is 17.8. The lowest BCUT2D eigenvalue weighted by molar-refractivity contribution is 0.0762. The number of nitrogens with zero attached hydrogens (tertiary/aromatic N) is 2. The lowest BCUT2D eigenvalue weighted by atomic mass is 10.2. The molecule has 0 N–H and O–H groups in total. The Morgan fingerprint density at radius 2 is 2.00 bits per heavy atom. The summed E-state index contributed by atoms with van der Waals surface area (Å²) < 4.78 is 0. The van der Waals surface area contributed by atoms with Crippen LogP contribution in [-0.4, -0.2) is 28.9 Å². The van der Waals surface area contributed by atoms with Crippen LogP contribution in [0.15, 0.2) is 24.5 Å². The molecule has 0 saturated carbocycles. The fourth-order valence-corrected chi connectivity index (χ4v) is 1.43. The van der Waals surface area contributed by atoms with Gasteiger partial charge in [-0.1, -0.05) is 13.3 Å². The van der Waals surface area contributed by atoms with E-state index in [4.69, 9.17) is 0 Å². The number of unbranched alkanes of at least 4 members (excludes halogenated alkanes) is 1. The van der Waals surface area contributed by atoms with Gasteiger partial charge in [-0.2, -0.15) is 0 Å². The van der Waals surface area contributed by atoms with Crippen molar-refractivity contribution in [1.29, 1.82) is 0 Å². The Morgan fingerprint density at radius 3 is 2.53 bits per heavy atom. The van der Waals surface area contributed by atoms with Gasteiger partial charge in [-0.15, -0.1) is 0 Å². The number of carbonyl (C=O) groups excluding carboxylic acids is 1. The maximum Gasteiger partial charge on any atom is 0.253 e. The van der Waals surface area contributed by atoms with Gasteiger partial charge in [0.25, 0.3) is 5.91 Å². The highest BCUT2D eigenvalue weighted by Crippen LogP contribution is 2.04. The second-order valence-electron chi connectivity index (χ2n) is 3.47. The quantitative estimate of drug-likeness (QED) is 0.741. The van der Waals surface area contributed by atoms with Crippen LogP contribution >= 0.6 is 0 Å². The van der Waals surface area contributed by atoms with Crippen LogP contribution in [0.5, 0.6) is 0 Å². The van der Waals surface area contributed by atoms with Crippen molar-refractivity contribution in [3.8, 4) is 0 Å². The van der Waals surface area contributed by atoms with Gasteiger partial charge in [0.1, 0.15) is 0 Å². The Labute approximate surface area is 91.1 Å². The maximum absolute atomic E-state index is 12.0. The normalized spacial score (nSPS) is 10.0. The van der Waals surface area contributed by atoms with Crippen molar-refractivity contribution >= 4 is 5.91 Å². The Morgan fingerprint density at radius 1 is 1.33 bits per heavy atom. The number of pyridine rings is 1. The van der Waals surface area contributed by atoms with Gasteiger partial charge in [-0.25, -0.2) is 0 Å². The van der Waals surface area contributed by atoms with Crippen molar-refractivity contribution in [2.45, 2.75) is 26.7 Å². The van der Waals surface area contributed by atoms with E-state index in [1.165, 1.54) is 0 Å². The van der Waals surface area contributed by atoms with Crippen molar-refractivity contribution in [2.75, 3.05) is 13.1 Å². The summed E-state index contributed by atoms with van der Waals surface area (Å²) in [5.74, 6) is 0.105. The van der Waals surface area contributed by atoms with Crippen LogP contribution in [0.2, 0.25) is 0 Å². The molecule has 0 aliphatic rings. The van der Waals surface area contributed by atoms with Crippen molar-refractivity contribution < 1.29 is 4.79 Å². The van der Waals surface area contributed by atoms with Crippen LogP contribution in [0.25, 0.3) is 0 Å². The molecule has 3 heteroatoms. The molecule has 0 saturated heterocycles. The average Bonchev–Trinajstić information content (AvgIpc) is 2.31. The fraction of sp³-hybridized carbons (Fsp3) is 0.500. The summed E-state index contributed by atoms with van der Waals surface area (Å²) in [7, 11) is 0. The number of hydrogen-bond acceptors (Lipinski definition) is 2. The molecular weight excluding hydrogens is 188 g/mol. The molecule has 1 aromatic rings. The molecule has 0 aliphatic carbocycles. The minimum absolute atomic E-state index is 0.105. The van der Waals surface area contributed by atoms with Crippen molar-refractivity contribution in [3.05, 3.63) is 30.1 Å². The van der Waals surface area contributed by atoms with E-state index in [0.717, 1.165) is 31.5 Å². The predicted molar refractivity (Wildman–Crippen MR) is 60.7 cm³/mol. The molecule has 1 heterocycles. The van der Waals surface area contributed by atoms with E-state index in [1.54, 1.807) is 24.5 Å². The molecule has 3 nitrogen and oxygen atoms in total. The number of hydrogen-bond donors (Lipinski definition) is 0. The third kappa shape index (κ3) is 3.35. The second kappa shape index (κ2) is 6.17. The molecule has 1 aromatic heterocycles. The van der Waals surface area contributed by atoms with Gasteiger partial charge in [0, 0.05) is 31.0 Å². The second-order valence-corrected chi connectivity index (χ2v) is 3.47. The highest BCUT2D eigenvalue weighted by molar-refractivity contribution is 5.94. The highest BCUT2D eigenvalue weighted by Gasteiger charge is 2.12. The van der Waals surface area contributed by atoms with Crippen LogP contribution in [0.4, 0.5) is 0 Å². The van der Waals surface area contributed by atoms with E-state index < -0.39 is 0 Å². The average molecular weight is 206 g/mol. The molecule has 0 aromatic carbocycles. The summed E-state index contributed by atoms with van der Waals surface area (Å²) in [5.41, 5.74) is 0.725. The smallest absolute Gasteiger partial charge is 0.253 e. The Hall–Kier alpha value is -1.38. The number of amides is 1. The standard InChI is InChI=1S/C12H18N2O/c1-3-5-10-14(4-2)12(15)11-6-8-13-9-7-11/h6-9H,3-5,10H2,1-2H3. The monoisotopic (exact) mass is 206 g/mol. The zero-order valence-electron chi connectivity index (χ0n) is 9.44. The molecule has 0 bridgehead atoms. The third-order valence-corrected chi connectivity index (χ3v) is 2.38. The Kier molecular flexibility index (Phi) is 4.81. The van der Waals surface area contributed by atoms with Gasteiger partial charge in [0.2, 0.25) is 0 Å². The van der Waals surface area contributed by atoms with Crippen molar-refractivity contribution in [2.24, 2.45) is 0 Å². The predicted octanol–water partition coefficient (Wildman–Crippen LogP) is 2.34. The molecule has 1 amide bonds. The molecule has 0 radical (unpaired) electrons. The summed E-state index contributed by atoms with van der Waals surface area (Å²) in [6.45, 7) is 5.74. The topological polar surface area (TPSA) is 33.2 Å². The minimum Gasteiger partial charge on any atom is -0.339 e. The molecule has 0 atom stereocenters. The fourth-order valence-electron chi connectivity index (χ4n) is 1.43. The van der Waals surface area contributed by atoms with Crippen LogP contribution in [0.3, 0.4) is 0 Å². The Bertz CT molecular complexity index is 298. The molecule has 1 rings (SSSR count). The van der Waals surface area contributed by atoms with E-state index in [1.807, 2.05) is 11.8 Å². The lowest BCUT2D eigenvalue weighted by Gasteiger charge is -2.20. The summed E-state index contributed by atoms with van der Waals surface area (Å²) >= 11 is 0. The lowest BCUT2D eigenvalue weighted by Crippen LogP contribution is -2.31. The first-order valence-electron chi connectivity index (χ1n) is 5.48. The maximum atomic E-state index is 12.0. The molecule has 0 aliphatic heterocycles. The van der Waals surface area contributed by atoms with Gasteiger partial charge >= 0.3 is 0 Å². The zero-order chi connectivity index (χ0) is 11.1. The summed E-state index contributed by atoms with van der Waals surface area (Å²) in [5, 5.41) is 0. The summed E-state index contributed by atoms with van der Waals surface area (Å²) in [6, 6.07) is 3.52. The number of aromatic nitrogens is 1. The van der Waals surface area contributed by atoms with Crippen molar-refractivity contribution in [1.82, 2.24) is 9.88 Å². The van der Waals surface area contributed by atoms with E-state index in [0.29, 0.717) is 0 Å². The molecule has 0 fully saturated rings. The Balaban J connectivity index is 2.65. The van der Waals surface area contributed by atoms with Crippen LogP contribution in [0.1, 0.15) is 37.0 Å². The molecule has 0 spiro atoms. The van der Waals surface area contributed by atoms with Crippen LogP contribution < -0.4 is 0 Å². The van der Waals surface area contributed by atoms with Crippen molar-refractivity contribution in [3.63, 3.8) is 0 Å². The highest BCUT2D eigenvalue weighted by atomic mass is 16.2. The molecule has 0 unspecified atom stereocenters. The first kappa shape index (κ1) is 11.7. The first-order chi connectivity index (χ1) is 7.29. The van der Waals surface area contributed by atoms with Gasteiger partial charge in [0.05, 0.1) is 0 Å². The largest absolute Gasteiger partial charge is 0.339 e. The van der Waals surface area contributed by atoms with Gasteiger partial charge < -0.3 is 4.90 Å². The molecule has 15 heavy (non-hydrogen) atoms. The molecular formula is C12H18N2O. The van der Waals surface area contributed by atoms with Gasteiger partial charge in [0.15, 0.2) is 0 Å². The zero-order valence-corrected chi connectivity index (χ0v) is 9.44. The van der Waals surface area contributed by atoms with Gasteiger partial charge in [-0.3, -0.25) is 9.78 Å². The van der Waals surface area contributed by atoms with Crippen LogP contribution in [-0.2, 0) is 0 Å².